The summed E-state index contributed by atoms with van der Waals surface area (Å²) in [4.78, 5) is 16.6. The number of aromatic nitrogens is 1. The normalized spacial score (nSPS) is 16.9. The largest absolute Gasteiger partial charge is 0.492 e. The predicted octanol–water partition coefficient (Wildman–Crippen LogP) is 3.53. The fourth-order valence-electron chi connectivity index (χ4n) is 3.20. The molecule has 1 atom stereocenters. The average molecular weight is 419 g/mol. The molecule has 0 aliphatic carbocycles. The Morgan fingerprint density at radius 1 is 1.13 bits per heavy atom. The van der Waals surface area contributed by atoms with Crippen molar-refractivity contribution in [1.82, 2.24) is 10.3 Å². The Labute approximate surface area is 181 Å². The topological polar surface area (TPSA) is 81.7 Å². The van der Waals surface area contributed by atoms with Crippen molar-refractivity contribution in [3.63, 3.8) is 0 Å². The monoisotopic (exact) mass is 419 g/mol. The van der Waals surface area contributed by atoms with Gasteiger partial charge in [-0.05, 0) is 49.4 Å². The molecule has 0 saturated heterocycles. The van der Waals surface area contributed by atoms with Gasteiger partial charge in [0, 0.05) is 11.8 Å². The van der Waals surface area contributed by atoms with Crippen LogP contribution >= 0.6 is 0 Å². The van der Waals surface area contributed by atoms with Crippen molar-refractivity contribution in [3.05, 3.63) is 78.6 Å². The Morgan fingerprint density at radius 2 is 1.97 bits per heavy atom. The van der Waals surface area contributed by atoms with Gasteiger partial charge in [-0.2, -0.15) is 0 Å². The van der Waals surface area contributed by atoms with Crippen molar-refractivity contribution < 1.29 is 19.0 Å². The molecule has 1 aromatic heterocycles. The number of pyridine rings is 1. The molecule has 1 unspecified atom stereocenters. The number of anilines is 1. The van der Waals surface area contributed by atoms with Crippen LogP contribution in [0.25, 0.3) is 0 Å². The second-order valence-electron chi connectivity index (χ2n) is 7.58. The minimum atomic E-state index is -0.443. The SMILES string of the molecule is CC1(COc2cccnc2)COc2ccc(C(=O)NCCOc3ccccc3)cc2N1. The first-order chi connectivity index (χ1) is 15.1. The number of hydrogen-bond acceptors (Lipinski definition) is 6. The molecule has 160 valence electrons. The van der Waals surface area contributed by atoms with E-state index in [9.17, 15) is 4.79 Å². The van der Waals surface area contributed by atoms with Crippen molar-refractivity contribution in [2.45, 2.75) is 12.5 Å². The molecule has 7 heteroatoms. The van der Waals surface area contributed by atoms with Gasteiger partial charge >= 0.3 is 0 Å². The minimum absolute atomic E-state index is 0.167. The summed E-state index contributed by atoms with van der Waals surface area (Å²) >= 11 is 0. The van der Waals surface area contributed by atoms with Gasteiger partial charge in [-0.1, -0.05) is 18.2 Å². The Balaban J connectivity index is 1.32. The van der Waals surface area contributed by atoms with E-state index in [1.807, 2.05) is 49.4 Å². The molecule has 2 N–H and O–H groups in total. The van der Waals surface area contributed by atoms with Crippen molar-refractivity contribution in [3.8, 4) is 17.2 Å². The fourth-order valence-corrected chi connectivity index (χ4v) is 3.20. The van der Waals surface area contributed by atoms with Gasteiger partial charge in [0.25, 0.3) is 5.91 Å². The van der Waals surface area contributed by atoms with Crippen molar-refractivity contribution >= 4 is 11.6 Å². The number of nitrogens with one attached hydrogen (secondary N) is 2. The molecule has 7 nitrogen and oxygen atoms in total. The van der Waals surface area contributed by atoms with E-state index in [2.05, 4.69) is 15.6 Å². The lowest BCUT2D eigenvalue weighted by Gasteiger charge is -2.36. The van der Waals surface area contributed by atoms with E-state index in [4.69, 9.17) is 14.2 Å². The van der Waals surface area contributed by atoms with Gasteiger partial charge in [0.15, 0.2) is 0 Å². The summed E-state index contributed by atoms with van der Waals surface area (Å²) in [7, 11) is 0. The summed E-state index contributed by atoms with van der Waals surface area (Å²) in [5, 5.41) is 6.33. The molecule has 31 heavy (non-hydrogen) atoms. The van der Waals surface area contributed by atoms with Gasteiger partial charge in [-0.3, -0.25) is 9.78 Å². The molecule has 0 fully saturated rings. The molecule has 0 radical (unpaired) electrons. The number of para-hydroxylation sites is 1. The van der Waals surface area contributed by atoms with Crippen LogP contribution in [0.15, 0.2) is 73.1 Å². The van der Waals surface area contributed by atoms with Gasteiger partial charge in [0.05, 0.1) is 18.4 Å². The maximum absolute atomic E-state index is 12.5. The molecule has 1 amide bonds. The zero-order valence-electron chi connectivity index (χ0n) is 17.3. The summed E-state index contributed by atoms with van der Waals surface area (Å²) < 4.78 is 17.4. The third-order valence-electron chi connectivity index (χ3n) is 4.82. The van der Waals surface area contributed by atoms with E-state index in [1.54, 1.807) is 30.6 Å². The van der Waals surface area contributed by atoms with Crippen LogP contribution < -0.4 is 24.8 Å². The van der Waals surface area contributed by atoms with Gasteiger partial charge in [0.2, 0.25) is 0 Å². The van der Waals surface area contributed by atoms with Crippen molar-refractivity contribution in [2.75, 3.05) is 31.7 Å². The molecule has 1 aliphatic heterocycles. The second-order valence-corrected chi connectivity index (χ2v) is 7.58. The molecule has 2 heterocycles. The van der Waals surface area contributed by atoms with Crippen LogP contribution in [-0.2, 0) is 0 Å². The highest BCUT2D eigenvalue weighted by Crippen LogP contribution is 2.33. The Hall–Kier alpha value is -3.74. The first-order valence-electron chi connectivity index (χ1n) is 10.2. The lowest BCUT2D eigenvalue weighted by Crippen LogP contribution is -2.49. The van der Waals surface area contributed by atoms with Crippen LogP contribution in [0.1, 0.15) is 17.3 Å². The predicted molar refractivity (Wildman–Crippen MR) is 118 cm³/mol. The highest BCUT2D eigenvalue weighted by atomic mass is 16.5. The quantitative estimate of drug-likeness (QED) is 0.544. The third-order valence-corrected chi connectivity index (χ3v) is 4.82. The summed E-state index contributed by atoms with van der Waals surface area (Å²) in [6, 6.07) is 18.5. The van der Waals surface area contributed by atoms with Crippen LogP contribution in [0, 0.1) is 0 Å². The second kappa shape index (κ2) is 9.38. The Kier molecular flexibility index (Phi) is 6.21. The number of nitrogens with zero attached hydrogens (tertiary/aromatic N) is 1. The van der Waals surface area contributed by atoms with E-state index in [1.165, 1.54) is 0 Å². The minimum Gasteiger partial charge on any atom is -0.492 e. The van der Waals surface area contributed by atoms with Gasteiger partial charge < -0.3 is 24.8 Å². The van der Waals surface area contributed by atoms with Gasteiger partial charge in [-0.15, -0.1) is 0 Å². The smallest absolute Gasteiger partial charge is 0.251 e. The zero-order valence-corrected chi connectivity index (χ0v) is 17.3. The summed E-state index contributed by atoms with van der Waals surface area (Å²) in [5.74, 6) is 2.02. The number of amides is 1. The van der Waals surface area contributed by atoms with Crippen LogP contribution in [0.4, 0.5) is 5.69 Å². The van der Waals surface area contributed by atoms with Crippen LogP contribution in [0.5, 0.6) is 17.2 Å². The first kappa shape index (κ1) is 20.5. The van der Waals surface area contributed by atoms with E-state index < -0.39 is 5.54 Å². The lowest BCUT2D eigenvalue weighted by molar-refractivity contribution is 0.0947. The molecule has 0 spiro atoms. The van der Waals surface area contributed by atoms with Crippen molar-refractivity contribution in [1.29, 1.82) is 0 Å². The molecular weight excluding hydrogens is 394 g/mol. The Bertz CT molecular complexity index is 1010. The average Bonchev–Trinajstić information content (AvgIpc) is 2.81. The number of hydrogen-bond donors (Lipinski definition) is 2. The van der Waals surface area contributed by atoms with E-state index in [0.29, 0.717) is 43.4 Å². The first-order valence-corrected chi connectivity index (χ1v) is 10.2. The number of rotatable bonds is 8. The maximum atomic E-state index is 12.5. The summed E-state index contributed by atoms with van der Waals surface area (Å²) in [6.07, 6.45) is 3.37. The van der Waals surface area contributed by atoms with Crippen LogP contribution in [-0.4, -0.2) is 42.8 Å². The number of ether oxygens (including phenoxy) is 3. The maximum Gasteiger partial charge on any atom is 0.251 e. The van der Waals surface area contributed by atoms with E-state index in [0.717, 1.165) is 11.4 Å². The molecule has 4 rings (SSSR count). The highest BCUT2D eigenvalue weighted by Gasteiger charge is 2.32. The molecular formula is C24H25N3O4. The summed E-state index contributed by atoms with van der Waals surface area (Å²) in [5.41, 5.74) is 0.866. The standard InChI is InChI=1S/C24H25N3O4/c1-24(16-30-20-8-5-11-25-15-20)17-31-22-10-9-18(14-21(22)27-24)23(28)26-12-13-29-19-6-3-2-4-7-19/h2-11,14-15,27H,12-13,16-17H2,1H3,(H,26,28). The lowest BCUT2D eigenvalue weighted by atomic mass is 10.0. The van der Waals surface area contributed by atoms with E-state index >= 15 is 0 Å². The molecule has 0 saturated carbocycles. The molecule has 2 aromatic carbocycles. The van der Waals surface area contributed by atoms with E-state index in [-0.39, 0.29) is 5.91 Å². The molecule has 0 bridgehead atoms. The van der Waals surface area contributed by atoms with Crippen LogP contribution in [0.2, 0.25) is 0 Å². The number of carbonyl (C=O) groups excluding carboxylic acids is 1. The van der Waals surface area contributed by atoms with Gasteiger partial charge in [0.1, 0.15) is 42.6 Å². The molecule has 3 aromatic rings. The van der Waals surface area contributed by atoms with Crippen molar-refractivity contribution in [2.24, 2.45) is 0 Å². The van der Waals surface area contributed by atoms with Gasteiger partial charge in [-0.25, -0.2) is 0 Å². The van der Waals surface area contributed by atoms with Crippen LogP contribution in [0.3, 0.4) is 0 Å². The number of fused-ring (bicyclic) bond motifs is 1. The number of carbonyl (C=O) groups is 1. The third kappa shape index (κ3) is 5.45. The summed E-state index contributed by atoms with van der Waals surface area (Å²) in [6.45, 7) is 3.66. The highest BCUT2D eigenvalue weighted by molar-refractivity contribution is 5.95. The Morgan fingerprint density at radius 3 is 2.77 bits per heavy atom. The zero-order chi connectivity index (χ0) is 21.5. The molecule has 1 aliphatic rings. The fraction of sp³-hybridized carbons (Fsp3) is 0.250. The number of benzene rings is 2.